The number of imide groups is 1. The average Bonchev–Trinajstić information content (AvgIpc) is 3.45. The van der Waals surface area contributed by atoms with Gasteiger partial charge in [-0.3, -0.25) is 14.5 Å². The first kappa shape index (κ1) is 21.9. The zero-order valence-corrected chi connectivity index (χ0v) is 18.3. The summed E-state index contributed by atoms with van der Waals surface area (Å²) in [4.78, 5) is 40.8. The fourth-order valence-electron chi connectivity index (χ4n) is 4.49. The number of urea groups is 1. The summed E-state index contributed by atoms with van der Waals surface area (Å²) in [6.07, 6.45) is 2.46. The number of hydrogen-bond acceptors (Lipinski definition) is 5. The Kier molecular flexibility index (Phi) is 5.41. The zero-order chi connectivity index (χ0) is 22.6. The molecule has 8 nitrogen and oxygen atoms in total. The lowest BCUT2D eigenvalue weighted by atomic mass is 9.81. The van der Waals surface area contributed by atoms with E-state index in [0.717, 1.165) is 29.9 Å². The van der Waals surface area contributed by atoms with Gasteiger partial charge >= 0.3 is 6.03 Å². The van der Waals surface area contributed by atoms with E-state index in [9.17, 15) is 27.2 Å². The van der Waals surface area contributed by atoms with Gasteiger partial charge in [0, 0.05) is 24.2 Å². The Morgan fingerprint density at radius 1 is 1.19 bits per heavy atom. The van der Waals surface area contributed by atoms with Crippen LogP contribution in [0.4, 0.5) is 9.18 Å². The highest BCUT2D eigenvalue weighted by molar-refractivity contribution is 7.90. The van der Waals surface area contributed by atoms with Crippen LogP contribution in [0.15, 0.2) is 24.3 Å². The second-order valence-corrected chi connectivity index (χ2v) is 11.0. The Balaban J connectivity index is 1.51. The number of carbonyl (C=O) groups is 3. The summed E-state index contributed by atoms with van der Waals surface area (Å²) in [6.45, 7) is 1.39. The lowest BCUT2D eigenvalue weighted by Crippen LogP contribution is -2.63. The van der Waals surface area contributed by atoms with Crippen molar-refractivity contribution in [3.05, 3.63) is 35.6 Å². The van der Waals surface area contributed by atoms with E-state index in [4.69, 9.17) is 0 Å². The van der Waals surface area contributed by atoms with Crippen LogP contribution in [-0.4, -0.2) is 66.4 Å². The minimum atomic E-state index is -3.60. The maximum absolute atomic E-state index is 13.2. The second-order valence-electron chi connectivity index (χ2n) is 9.06. The van der Waals surface area contributed by atoms with E-state index < -0.39 is 56.8 Å². The molecule has 1 heterocycles. The summed E-state index contributed by atoms with van der Waals surface area (Å²) in [5, 5.41) is -0.716. The number of halogens is 1. The van der Waals surface area contributed by atoms with Crippen LogP contribution in [0.2, 0.25) is 0 Å². The molecule has 31 heavy (non-hydrogen) atoms. The lowest BCUT2D eigenvalue weighted by Gasteiger charge is -2.46. The molecule has 0 radical (unpaired) electrons. The van der Waals surface area contributed by atoms with Crippen LogP contribution in [-0.2, 0) is 14.8 Å². The lowest BCUT2D eigenvalue weighted by molar-refractivity contribution is -0.139. The summed E-state index contributed by atoms with van der Waals surface area (Å²) in [5.41, 5.74) is -0.204. The predicted molar refractivity (Wildman–Crippen MR) is 110 cm³/mol. The van der Waals surface area contributed by atoms with E-state index in [1.807, 2.05) is 6.92 Å². The smallest absolute Gasteiger partial charge is 0.324 e. The second kappa shape index (κ2) is 7.67. The van der Waals surface area contributed by atoms with Crippen molar-refractivity contribution in [3.63, 3.8) is 0 Å². The molecule has 168 valence electrons. The van der Waals surface area contributed by atoms with E-state index in [2.05, 4.69) is 4.72 Å². The molecule has 2 saturated carbocycles. The third kappa shape index (κ3) is 4.23. The molecule has 0 spiro atoms. The SMILES string of the molecule is CN1C(=O)N(CC(=O)c2ccc(F)cc2)C(=O)C2CC(S(=O)(=O)NC3(C)CC3)CCC21. The largest absolute Gasteiger partial charge is 0.327 e. The summed E-state index contributed by atoms with van der Waals surface area (Å²) in [6, 6.07) is 3.91. The molecule has 10 heteroatoms. The van der Waals surface area contributed by atoms with Crippen molar-refractivity contribution in [3.8, 4) is 0 Å². The molecule has 0 bridgehead atoms. The number of hydrogen-bond donors (Lipinski definition) is 1. The molecular formula is C21H26FN3O5S. The number of ketones is 1. The third-order valence-electron chi connectivity index (χ3n) is 6.67. The number of rotatable bonds is 6. The molecule has 3 atom stereocenters. The number of Topliss-reactive ketones (excluding diaryl/α,β-unsaturated/α-hetero) is 1. The fourth-order valence-corrected chi connectivity index (χ4v) is 6.45. The predicted octanol–water partition coefficient (Wildman–Crippen LogP) is 1.91. The Bertz CT molecular complexity index is 1020. The summed E-state index contributed by atoms with van der Waals surface area (Å²) >= 11 is 0. The van der Waals surface area contributed by atoms with Gasteiger partial charge < -0.3 is 4.90 Å². The van der Waals surface area contributed by atoms with Gasteiger partial charge in [0.1, 0.15) is 5.82 Å². The van der Waals surface area contributed by atoms with Crippen molar-refractivity contribution in [2.45, 2.75) is 55.9 Å². The maximum atomic E-state index is 13.2. The van der Waals surface area contributed by atoms with Crippen molar-refractivity contribution in [2.75, 3.05) is 13.6 Å². The standard InChI is InChI=1S/C21H26FN3O5S/c1-21(9-10-21)23-31(29,30)15-7-8-17-16(11-15)19(27)25(20(28)24(17)2)12-18(26)13-3-5-14(22)6-4-13/h3-6,15-17,23H,7-12H2,1-2H3. The van der Waals surface area contributed by atoms with Crippen LogP contribution in [0.1, 0.15) is 49.4 Å². The van der Waals surface area contributed by atoms with E-state index in [0.29, 0.717) is 12.8 Å². The first-order chi connectivity index (χ1) is 14.5. The van der Waals surface area contributed by atoms with E-state index in [1.165, 1.54) is 17.0 Å². The molecule has 3 aliphatic rings. The topological polar surface area (TPSA) is 104 Å². The van der Waals surface area contributed by atoms with Crippen LogP contribution in [0, 0.1) is 11.7 Å². The number of benzene rings is 1. The molecule has 1 N–H and O–H groups in total. The molecule has 1 aromatic rings. The monoisotopic (exact) mass is 451 g/mol. The number of nitrogens with zero attached hydrogens (tertiary/aromatic N) is 2. The highest BCUT2D eigenvalue weighted by atomic mass is 32.2. The summed E-state index contributed by atoms with van der Waals surface area (Å²) in [7, 11) is -2.03. The Morgan fingerprint density at radius 3 is 2.45 bits per heavy atom. The third-order valence-corrected chi connectivity index (χ3v) is 8.76. The van der Waals surface area contributed by atoms with Crippen molar-refractivity contribution in [1.29, 1.82) is 0 Å². The summed E-state index contributed by atoms with van der Waals surface area (Å²) < 4.78 is 41.6. The molecule has 2 aliphatic carbocycles. The molecule has 0 aromatic heterocycles. The van der Waals surface area contributed by atoms with Gasteiger partial charge in [-0.25, -0.2) is 22.3 Å². The number of carbonyl (C=O) groups excluding carboxylic acids is 3. The quantitative estimate of drug-likeness (QED) is 0.666. The Morgan fingerprint density at radius 2 is 1.84 bits per heavy atom. The van der Waals surface area contributed by atoms with Crippen LogP contribution < -0.4 is 4.72 Å². The Hall–Kier alpha value is -2.33. The van der Waals surface area contributed by atoms with Crippen LogP contribution >= 0.6 is 0 Å². The van der Waals surface area contributed by atoms with Crippen molar-refractivity contribution < 1.29 is 27.2 Å². The number of fused-ring (bicyclic) bond motifs is 1. The van der Waals surface area contributed by atoms with Crippen molar-refractivity contribution in [2.24, 2.45) is 5.92 Å². The normalized spacial score (nSPS) is 27.8. The molecule has 3 unspecified atom stereocenters. The molecule has 1 aromatic carbocycles. The van der Waals surface area contributed by atoms with Gasteiger partial charge in [0.25, 0.3) is 0 Å². The van der Waals surface area contributed by atoms with Gasteiger partial charge in [0.2, 0.25) is 15.9 Å². The van der Waals surface area contributed by atoms with Gasteiger partial charge in [-0.2, -0.15) is 0 Å². The van der Waals surface area contributed by atoms with Crippen LogP contribution in [0.3, 0.4) is 0 Å². The summed E-state index contributed by atoms with van der Waals surface area (Å²) in [5.74, 6) is -2.20. The van der Waals surface area contributed by atoms with Crippen molar-refractivity contribution >= 4 is 27.7 Å². The highest BCUT2D eigenvalue weighted by Gasteiger charge is 2.51. The van der Waals surface area contributed by atoms with Gasteiger partial charge in [0.05, 0.1) is 17.7 Å². The first-order valence-corrected chi connectivity index (χ1v) is 12.0. The number of nitrogens with one attached hydrogen (secondary N) is 1. The van der Waals surface area contributed by atoms with Gasteiger partial charge in [-0.05, 0) is 63.3 Å². The van der Waals surface area contributed by atoms with Crippen molar-refractivity contribution in [1.82, 2.24) is 14.5 Å². The van der Waals surface area contributed by atoms with Gasteiger partial charge in [0.15, 0.2) is 5.78 Å². The molecule has 3 fully saturated rings. The average molecular weight is 452 g/mol. The van der Waals surface area contributed by atoms with Gasteiger partial charge in [-0.1, -0.05) is 0 Å². The fraction of sp³-hybridized carbons (Fsp3) is 0.571. The highest BCUT2D eigenvalue weighted by Crippen LogP contribution is 2.39. The molecule has 3 amide bonds. The number of sulfonamides is 1. The van der Waals surface area contributed by atoms with Gasteiger partial charge in [-0.15, -0.1) is 0 Å². The molecule has 4 rings (SSSR count). The minimum Gasteiger partial charge on any atom is -0.324 e. The molecule has 1 saturated heterocycles. The minimum absolute atomic E-state index is 0.105. The maximum Gasteiger partial charge on any atom is 0.327 e. The van der Waals surface area contributed by atoms with E-state index >= 15 is 0 Å². The van der Waals surface area contributed by atoms with E-state index in [-0.39, 0.29) is 18.0 Å². The Labute approximate surface area is 180 Å². The first-order valence-electron chi connectivity index (χ1n) is 10.4. The molecular weight excluding hydrogens is 425 g/mol. The zero-order valence-electron chi connectivity index (χ0n) is 17.5. The number of amides is 3. The van der Waals surface area contributed by atoms with Crippen LogP contribution in [0.5, 0.6) is 0 Å². The molecule has 1 aliphatic heterocycles. The van der Waals surface area contributed by atoms with E-state index in [1.54, 1.807) is 7.05 Å². The van der Waals surface area contributed by atoms with Crippen LogP contribution in [0.25, 0.3) is 0 Å².